The van der Waals surface area contributed by atoms with Gasteiger partial charge in [0.2, 0.25) is 0 Å². The van der Waals surface area contributed by atoms with Crippen molar-refractivity contribution in [3.8, 4) is 51.0 Å². The summed E-state index contributed by atoms with van der Waals surface area (Å²) in [6.45, 7) is 0. The van der Waals surface area contributed by atoms with Crippen LogP contribution in [0.5, 0.6) is 0 Å². The van der Waals surface area contributed by atoms with Gasteiger partial charge in [-0.2, -0.15) is 0 Å². The molecule has 0 spiro atoms. The summed E-state index contributed by atoms with van der Waals surface area (Å²) in [7, 11) is 0. The predicted molar refractivity (Wildman–Crippen MR) is 236 cm³/mol. The minimum absolute atomic E-state index is 0.590. The summed E-state index contributed by atoms with van der Waals surface area (Å²) in [6, 6.07) is 63.7. The highest BCUT2D eigenvalue weighted by Gasteiger charge is 2.19. The van der Waals surface area contributed by atoms with E-state index in [-0.39, 0.29) is 0 Å². The molecule has 0 saturated heterocycles. The van der Waals surface area contributed by atoms with E-state index in [0.717, 1.165) is 49.9 Å². The summed E-state index contributed by atoms with van der Waals surface area (Å²) < 4.78 is 11.7. The van der Waals surface area contributed by atoms with E-state index in [1.807, 2.05) is 47.7 Å². The van der Waals surface area contributed by atoms with Crippen molar-refractivity contribution in [3.63, 3.8) is 0 Å². The average molecular weight is 747 g/mol. The Bertz CT molecular complexity index is 3510. The lowest BCUT2D eigenvalue weighted by atomic mass is 10.0. The quantitative estimate of drug-likeness (QED) is 0.176. The number of aromatic nitrogens is 4. The molecule has 0 radical (unpaired) electrons. The van der Waals surface area contributed by atoms with E-state index in [1.165, 1.54) is 47.5 Å². The Hall–Kier alpha value is -7.41. The third kappa shape index (κ3) is 5.12. The zero-order valence-corrected chi connectivity index (χ0v) is 31.2. The molecule has 5 nitrogen and oxygen atoms in total. The summed E-state index contributed by atoms with van der Waals surface area (Å²) in [6.07, 6.45) is 0. The molecule has 6 heteroatoms. The van der Waals surface area contributed by atoms with Crippen LogP contribution in [-0.2, 0) is 0 Å². The van der Waals surface area contributed by atoms with Gasteiger partial charge in [0.05, 0.1) is 11.0 Å². The maximum atomic E-state index is 6.69. The van der Waals surface area contributed by atoms with E-state index in [9.17, 15) is 0 Å². The Labute approximate surface area is 330 Å². The van der Waals surface area contributed by atoms with E-state index in [1.54, 1.807) is 0 Å². The topological polar surface area (TPSA) is 56.7 Å². The van der Waals surface area contributed by atoms with E-state index >= 15 is 0 Å². The summed E-state index contributed by atoms with van der Waals surface area (Å²) in [5.74, 6) is 1.83. The van der Waals surface area contributed by atoms with Crippen molar-refractivity contribution >= 4 is 75.3 Å². The summed E-state index contributed by atoms with van der Waals surface area (Å²) in [5, 5.41) is 7.25. The number of furan rings is 1. The SMILES string of the molecule is c1ccc(-c2ccc(-c3nc(-c4ccccc4)nc(-c4ccc5c(c4)oc4cc(-n6c7ccccc7c7c8sc9ccccc9c8ccc76)ccc45)n3)cc2)cc1. The number of hydrogen-bond donors (Lipinski definition) is 0. The van der Waals surface area contributed by atoms with Crippen LogP contribution in [0.3, 0.4) is 0 Å². The van der Waals surface area contributed by atoms with Crippen LogP contribution >= 0.6 is 11.3 Å². The molecule has 266 valence electrons. The van der Waals surface area contributed by atoms with Crippen LogP contribution in [0.15, 0.2) is 186 Å². The lowest BCUT2D eigenvalue weighted by Crippen LogP contribution is -2.00. The van der Waals surface area contributed by atoms with Gasteiger partial charge < -0.3 is 8.98 Å². The van der Waals surface area contributed by atoms with Gasteiger partial charge in [0.1, 0.15) is 11.2 Å². The molecule has 0 bridgehead atoms. The lowest BCUT2D eigenvalue weighted by molar-refractivity contribution is 0.668. The van der Waals surface area contributed by atoms with Gasteiger partial charge in [-0.05, 0) is 53.6 Å². The normalized spacial score (nSPS) is 11.9. The summed E-state index contributed by atoms with van der Waals surface area (Å²) in [5.41, 5.74) is 10.0. The van der Waals surface area contributed by atoms with E-state index < -0.39 is 0 Å². The summed E-state index contributed by atoms with van der Waals surface area (Å²) in [4.78, 5) is 15.0. The van der Waals surface area contributed by atoms with Crippen molar-refractivity contribution in [1.82, 2.24) is 19.5 Å². The number of rotatable bonds is 5. The molecule has 12 aromatic rings. The smallest absolute Gasteiger partial charge is 0.164 e. The maximum Gasteiger partial charge on any atom is 0.164 e. The maximum absolute atomic E-state index is 6.69. The first-order valence-corrected chi connectivity index (χ1v) is 19.8. The van der Waals surface area contributed by atoms with Gasteiger partial charge in [-0.25, -0.2) is 15.0 Å². The first-order chi connectivity index (χ1) is 28.2. The largest absolute Gasteiger partial charge is 0.456 e. The number of benzene rings is 8. The number of hydrogen-bond acceptors (Lipinski definition) is 5. The first kappa shape index (κ1) is 31.9. The highest BCUT2D eigenvalue weighted by molar-refractivity contribution is 7.26. The van der Waals surface area contributed by atoms with Gasteiger partial charge in [-0.15, -0.1) is 11.3 Å². The Balaban J connectivity index is 0.980. The van der Waals surface area contributed by atoms with Crippen LogP contribution in [0.2, 0.25) is 0 Å². The minimum atomic E-state index is 0.590. The van der Waals surface area contributed by atoms with Crippen LogP contribution in [0.25, 0.3) is 115 Å². The van der Waals surface area contributed by atoms with Gasteiger partial charge in [0, 0.05) is 70.2 Å². The molecule has 57 heavy (non-hydrogen) atoms. The van der Waals surface area contributed by atoms with E-state index in [2.05, 4.69) is 150 Å². The van der Waals surface area contributed by atoms with Crippen molar-refractivity contribution in [1.29, 1.82) is 0 Å². The second-order valence-electron chi connectivity index (χ2n) is 14.4. The second kappa shape index (κ2) is 12.6. The molecule has 0 unspecified atom stereocenters. The first-order valence-electron chi connectivity index (χ1n) is 19.0. The molecular formula is C51H30N4OS. The van der Waals surface area contributed by atoms with Crippen LogP contribution < -0.4 is 0 Å². The molecule has 0 saturated carbocycles. The predicted octanol–water partition coefficient (Wildman–Crippen LogP) is 13.9. The number of para-hydroxylation sites is 1. The molecule has 4 heterocycles. The third-order valence-corrected chi connectivity index (χ3v) is 12.3. The zero-order chi connectivity index (χ0) is 37.5. The monoisotopic (exact) mass is 746 g/mol. The highest BCUT2D eigenvalue weighted by atomic mass is 32.1. The molecule has 0 atom stereocenters. The second-order valence-corrected chi connectivity index (χ2v) is 15.4. The Morgan fingerprint density at radius 1 is 0.386 bits per heavy atom. The van der Waals surface area contributed by atoms with Crippen molar-refractivity contribution < 1.29 is 4.42 Å². The standard InChI is InChI=1S/C51H30N4OS/c1-3-11-31(12-4-1)32-19-21-34(22-20-32)50-52-49(33-13-5-2-6-14-33)53-51(54-50)35-23-25-37-38-26-24-36(30-45(38)56-44(37)29-35)55-42-17-9-7-16-41(42)47-43(55)28-27-40-39-15-8-10-18-46(39)57-48(40)47/h1-30H. The molecule has 0 fully saturated rings. The molecule has 8 aromatic carbocycles. The number of nitrogens with zero attached hydrogens (tertiary/aromatic N) is 4. The number of thiophene rings is 1. The Kier molecular flexibility index (Phi) is 7.03. The van der Waals surface area contributed by atoms with Crippen molar-refractivity contribution in [2.75, 3.05) is 0 Å². The Morgan fingerprint density at radius 3 is 1.70 bits per heavy atom. The molecule has 0 amide bonds. The van der Waals surface area contributed by atoms with Crippen molar-refractivity contribution in [2.24, 2.45) is 0 Å². The fourth-order valence-electron chi connectivity index (χ4n) is 8.35. The lowest BCUT2D eigenvalue weighted by Gasteiger charge is -2.09. The average Bonchev–Trinajstić information content (AvgIpc) is 3.96. The van der Waals surface area contributed by atoms with Gasteiger partial charge in [0.25, 0.3) is 0 Å². The van der Waals surface area contributed by atoms with Crippen molar-refractivity contribution in [2.45, 2.75) is 0 Å². The van der Waals surface area contributed by atoms with Crippen LogP contribution in [-0.4, -0.2) is 19.5 Å². The third-order valence-electron chi connectivity index (χ3n) is 11.1. The van der Waals surface area contributed by atoms with Crippen LogP contribution in [0.4, 0.5) is 0 Å². The highest BCUT2D eigenvalue weighted by Crippen LogP contribution is 2.44. The molecular weight excluding hydrogens is 717 g/mol. The molecule has 0 aliphatic carbocycles. The molecule has 4 aromatic heterocycles. The fraction of sp³-hybridized carbons (Fsp3) is 0. The minimum Gasteiger partial charge on any atom is -0.456 e. The fourth-order valence-corrected chi connectivity index (χ4v) is 9.61. The molecule has 0 N–H and O–H groups in total. The van der Waals surface area contributed by atoms with Gasteiger partial charge in [0.15, 0.2) is 17.5 Å². The van der Waals surface area contributed by atoms with E-state index in [0.29, 0.717) is 17.5 Å². The zero-order valence-electron chi connectivity index (χ0n) is 30.4. The molecule has 0 aliphatic rings. The van der Waals surface area contributed by atoms with Gasteiger partial charge in [-0.3, -0.25) is 0 Å². The van der Waals surface area contributed by atoms with Gasteiger partial charge >= 0.3 is 0 Å². The molecule has 12 rings (SSSR count). The van der Waals surface area contributed by atoms with E-state index in [4.69, 9.17) is 19.4 Å². The van der Waals surface area contributed by atoms with Gasteiger partial charge in [-0.1, -0.05) is 133 Å². The summed E-state index contributed by atoms with van der Waals surface area (Å²) >= 11 is 1.87. The number of fused-ring (bicyclic) bond motifs is 10. The Morgan fingerprint density at radius 2 is 0.930 bits per heavy atom. The molecule has 0 aliphatic heterocycles. The van der Waals surface area contributed by atoms with Crippen LogP contribution in [0.1, 0.15) is 0 Å². The van der Waals surface area contributed by atoms with Crippen LogP contribution in [0, 0.1) is 0 Å². The van der Waals surface area contributed by atoms with Crippen molar-refractivity contribution in [3.05, 3.63) is 182 Å².